The summed E-state index contributed by atoms with van der Waals surface area (Å²) in [6.07, 6.45) is 0. The van der Waals surface area contributed by atoms with Gasteiger partial charge in [0.05, 0.1) is 5.69 Å². The van der Waals surface area contributed by atoms with Gasteiger partial charge < -0.3 is 5.11 Å². The van der Waals surface area contributed by atoms with Crippen LogP contribution < -0.4 is 0 Å². The molecule has 3 nitrogen and oxygen atoms in total. The minimum Gasteiger partial charge on any atom is -0.507 e. The van der Waals surface area contributed by atoms with Crippen molar-refractivity contribution in [2.45, 2.75) is 26.2 Å². The molecule has 2 aromatic rings. The van der Waals surface area contributed by atoms with Crippen molar-refractivity contribution in [3.05, 3.63) is 48.0 Å². The Morgan fingerprint density at radius 2 is 1.68 bits per heavy atom. The van der Waals surface area contributed by atoms with E-state index in [-0.39, 0.29) is 11.2 Å². The Bertz CT molecular complexity index is 612. The fourth-order valence-corrected chi connectivity index (χ4v) is 2.02. The summed E-state index contributed by atoms with van der Waals surface area (Å²) in [6.45, 7) is 6.36. The quantitative estimate of drug-likeness (QED) is 0.726. The van der Waals surface area contributed by atoms with Crippen molar-refractivity contribution in [2.75, 3.05) is 0 Å². The smallest absolute Gasteiger partial charge is 0.123 e. The van der Waals surface area contributed by atoms with Gasteiger partial charge in [0.15, 0.2) is 0 Å². The molecule has 0 aromatic heterocycles. The minimum atomic E-state index is 0.0106. The summed E-state index contributed by atoms with van der Waals surface area (Å²) in [6, 6.07) is 13.0. The number of phenols is 1. The van der Waals surface area contributed by atoms with Crippen LogP contribution in [0.4, 0.5) is 5.69 Å². The van der Waals surface area contributed by atoms with Crippen LogP contribution in [0, 0.1) is 5.53 Å². The van der Waals surface area contributed by atoms with Crippen molar-refractivity contribution in [3.8, 4) is 16.9 Å². The van der Waals surface area contributed by atoms with Gasteiger partial charge in [-0.15, -0.1) is 0 Å². The predicted molar refractivity (Wildman–Crippen MR) is 77.1 cm³/mol. The Labute approximate surface area is 113 Å². The number of nitrogens with one attached hydrogen (secondary N) is 1. The lowest BCUT2D eigenvalue weighted by Crippen LogP contribution is -2.10. The van der Waals surface area contributed by atoms with Crippen molar-refractivity contribution in [2.24, 2.45) is 5.11 Å². The molecule has 0 aliphatic carbocycles. The second kappa shape index (κ2) is 4.84. The van der Waals surface area contributed by atoms with Gasteiger partial charge in [-0.25, -0.2) is 5.53 Å². The third-order valence-corrected chi connectivity index (χ3v) is 3.18. The summed E-state index contributed by atoms with van der Waals surface area (Å²) in [5.41, 5.74) is 10.5. The van der Waals surface area contributed by atoms with E-state index in [2.05, 4.69) is 25.9 Å². The number of hydrogen-bond donors (Lipinski definition) is 2. The van der Waals surface area contributed by atoms with Crippen LogP contribution in [0.1, 0.15) is 26.3 Å². The van der Waals surface area contributed by atoms with Crippen molar-refractivity contribution >= 4 is 5.69 Å². The van der Waals surface area contributed by atoms with Crippen LogP contribution in [-0.4, -0.2) is 5.11 Å². The molecular formula is C16H18N2O. The molecule has 0 spiro atoms. The maximum Gasteiger partial charge on any atom is 0.123 e. The van der Waals surface area contributed by atoms with Crippen LogP contribution in [0.25, 0.3) is 11.1 Å². The topological polar surface area (TPSA) is 56.4 Å². The second-order valence-electron chi connectivity index (χ2n) is 5.61. The highest BCUT2D eigenvalue weighted by Gasteiger charge is 2.17. The summed E-state index contributed by atoms with van der Waals surface area (Å²) >= 11 is 0. The van der Waals surface area contributed by atoms with Crippen molar-refractivity contribution in [1.29, 1.82) is 5.53 Å². The van der Waals surface area contributed by atoms with Gasteiger partial charge in [-0.3, -0.25) is 0 Å². The fraction of sp³-hybridized carbons (Fsp3) is 0.250. The highest BCUT2D eigenvalue weighted by molar-refractivity contribution is 5.80. The van der Waals surface area contributed by atoms with Crippen LogP contribution in [-0.2, 0) is 5.41 Å². The first kappa shape index (κ1) is 13.3. The van der Waals surface area contributed by atoms with Gasteiger partial charge in [-0.1, -0.05) is 51.1 Å². The highest BCUT2D eigenvalue weighted by Crippen LogP contribution is 2.38. The van der Waals surface area contributed by atoms with E-state index in [1.54, 1.807) is 12.1 Å². The molecular weight excluding hydrogens is 236 g/mol. The van der Waals surface area contributed by atoms with Crippen molar-refractivity contribution in [1.82, 2.24) is 0 Å². The fourth-order valence-electron chi connectivity index (χ4n) is 2.02. The van der Waals surface area contributed by atoms with Crippen LogP contribution >= 0.6 is 0 Å². The summed E-state index contributed by atoms with van der Waals surface area (Å²) in [5.74, 6) is 0.205. The summed E-state index contributed by atoms with van der Waals surface area (Å²) in [7, 11) is 0. The molecule has 0 heterocycles. The van der Waals surface area contributed by atoms with Gasteiger partial charge in [-0.2, -0.15) is 5.11 Å². The molecule has 0 atom stereocenters. The molecule has 0 amide bonds. The zero-order chi connectivity index (χ0) is 14.0. The molecule has 0 saturated heterocycles. The van der Waals surface area contributed by atoms with E-state index >= 15 is 0 Å². The zero-order valence-corrected chi connectivity index (χ0v) is 11.4. The van der Waals surface area contributed by atoms with Gasteiger partial charge in [0.25, 0.3) is 0 Å². The Balaban J connectivity index is 2.60. The molecule has 0 unspecified atom stereocenters. The second-order valence-corrected chi connectivity index (χ2v) is 5.61. The molecule has 2 rings (SSSR count). The number of phenolic OH excluding ortho intramolecular Hbond substituents is 1. The lowest BCUT2D eigenvalue weighted by molar-refractivity contribution is 0.477. The Hall–Kier alpha value is -2.16. The summed E-state index contributed by atoms with van der Waals surface area (Å²) in [5, 5.41) is 13.5. The van der Waals surface area contributed by atoms with Gasteiger partial charge in [0.2, 0.25) is 0 Å². The van der Waals surface area contributed by atoms with E-state index in [1.165, 1.54) is 0 Å². The summed E-state index contributed by atoms with van der Waals surface area (Å²) < 4.78 is 0. The SMILES string of the molecule is CC(C)(C)c1ccc(-c2ccccc2O)c(N=N)c1. The molecule has 0 radical (unpaired) electrons. The predicted octanol–water partition coefficient (Wildman–Crippen LogP) is 5.02. The first-order valence-electron chi connectivity index (χ1n) is 6.24. The molecule has 0 fully saturated rings. The van der Waals surface area contributed by atoms with E-state index in [4.69, 9.17) is 5.53 Å². The van der Waals surface area contributed by atoms with E-state index < -0.39 is 0 Å². The zero-order valence-electron chi connectivity index (χ0n) is 11.4. The number of para-hydroxylation sites is 1. The number of rotatable bonds is 2. The third kappa shape index (κ3) is 2.65. The third-order valence-electron chi connectivity index (χ3n) is 3.18. The monoisotopic (exact) mass is 254 g/mol. The van der Waals surface area contributed by atoms with E-state index in [0.717, 1.165) is 11.1 Å². The molecule has 98 valence electrons. The molecule has 19 heavy (non-hydrogen) atoms. The Morgan fingerprint density at radius 1 is 1.00 bits per heavy atom. The van der Waals surface area contributed by atoms with E-state index in [9.17, 15) is 5.11 Å². The molecule has 0 saturated carbocycles. The number of aromatic hydroxyl groups is 1. The average molecular weight is 254 g/mol. The number of nitrogens with zero attached hydrogens (tertiary/aromatic N) is 1. The lowest BCUT2D eigenvalue weighted by Gasteiger charge is -2.20. The normalized spacial score (nSPS) is 11.3. The molecule has 0 bridgehead atoms. The lowest BCUT2D eigenvalue weighted by atomic mass is 9.85. The first-order chi connectivity index (χ1) is 8.93. The van der Waals surface area contributed by atoms with Gasteiger partial charge in [0, 0.05) is 11.1 Å². The average Bonchev–Trinajstić information content (AvgIpc) is 2.37. The van der Waals surface area contributed by atoms with Crippen LogP contribution in [0.3, 0.4) is 0 Å². The van der Waals surface area contributed by atoms with Gasteiger partial charge in [0.1, 0.15) is 5.75 Å². The molecule has 2 aromatic carbocycles. The molecule has 2 N–H and O–H groups in total. The number of hydrogen-bond acceptors (Lipinski definition) is 3. The standard InChI is InChI=1S/C16H18N2O/c1-16(2,3)11-8-9-12(14(10-11)18-17)13-6-4-5-7-15(13)19/h4-10,17,19H,1-3H3. The first-order valence-corrected chi connectivity index (χ1v) is 6.24. The Morgan fingerprint density at radius 3 is 2.26 bits per heavy atom. The van der Waals surface area contributed by atoms with Gasteiger partial charge in [-0.05, 0) is 23.1 Å². The van der Waals surface area contributed by atoms with Crippen LogP contribution in [0.2, 0.25) is 0 Å². The summed E-state index contributed by atoms with van der Waals surface area (Å²) in [4.78, 5) is 0. The Kier molecular flexibility index (Phi) is 3.38. The largest absolute Gasteiger partial charge is 0.507 e. The van der Waals surface area contributed by atoms with Crippen LogP contribution in [0.15, 0.2) is 47.6 Å². The maximum absolute atomic E-state index is 9.91. The van der Waals surface area contributed by atoms with Crippen molar-refractivity contribution < 1.29 is 5.11 Å². The van der Waals surface area contributed by atoms with E-state index in [1.807, 2.05) is 30.3 Å². The molecule has 3 heteroatoms. The minimum absolute atomic E-state index is 0.0106. The van der Waals surface area contributed by atoms with Crippen molar-refractivity contribution in [3.63, 3.8) is 0 Å². The van der Waals surface area contributed by atoms with Gasteiger partial charge >= 0.3 is 0 Å². The van der Waals surface area contributed by atoms with Crippen LogP contribution in [0.5, 0.6) is 5.75 Å². The highest BCUT2D eigenvalue weighted by atomic mass is 16.3. The molecule has 0 aliphatic rings. The maximum atomic E-state index is 9.91. The number of benzene rings is 2. The molecule has 0 aliphatic heterocycles. The van der Waals surface area contributed by atoms with E-state index in [0.29, 0.717) is 11.3 Å².